The lowest BCUT2D eigenvalue weighted by molar-refractivity contribution is 0.0175. The first-order chi connectivity index (χ1) is 12.4. The minimum Gasteiger partial charge on any atom is -0.355 e. The monoisotopic (exact) mass is 357 g/mol. The molecule has 0 unspecified atom stereocenters. The van der Waals surface area contributed by atoms with Crippen molar-refractivity contribution in [3.05, 3.63) is 53.6 Å². The Kier molecular flexibility index (Phi) is 4.97. The molecule has 0 saturated carbocycles. The maximum atomic E-state index is 13.4. The lowest BCUT2D eigenvalue weighted by atomic mass is 10.1. The molecule has 0 saturated heterocycles. The summed E-state index contributed by atoms with van der Waals surface area (Å²) >= 11 is 0. The fourth-order valence-corrected chi connectivity index (χ4v) is 2.59. The van der Waals surface area contributed by atoms with Crippen LogP contribution in [0.25, 0.3) is 11.4 Å². The molecule has 1 aromatic heterocycles. The maximum Gasteiger partial charge on any atom is 0.270 e. The van der Waals surface area contributed by atoms with Gasteiger partial charge in [0.05, 0.1) is 6.54 Å². The van der Waals surface area contributed by atoms with Crippen LogP contribution in [0, 0.1) is 0 Å². The minimum absolute atomic E-state index is 0.0165. The average Bonchev–Trinajstić information content (AvgIpc) is 3.11. The van der Waals surface area contributed by atoms with Gasteiger partial charge in [-0.15, -0.1) is 10.2 Å². The smallest absolute Gasteiger partial charge is 0.270 e. The normalized spacial score (nSPS) is 11.6. The van der Waals surface area contributed by atoms with E-state index in [1.807, 2.05) is 25.1 Å². The summed E-state index contributed by atoms with van der Waals surface area (Å²) in [7, 11) is 0. The molecule has 0 fully saturated rings. The van der Waals surface area contributed by atoms with Gasteiger partial charge in [-0.3, -0.25) is 0 Å². The van der Waals surface area contributed by atoms with E-state index < -0.39 is 5.92 Å². The molecule has 3 aromatic rings. The highest BCUT2D eigenvalue weighted by molar-refractivity contribution is 5.78. The van der Waals surface area contributed by atoms with Crippen LogP contribution >= 0.6 is 0 Å². The number of hydrogen-bond donors (Lipinski definition) is 1. The molecule has 0 spiro atoms. The summed E-state index contributed by atoms with van der Waals surface area (Å²) in [4.78, 5) is 1.52. The summed E-state index contributed by atoms with van der Waals surface area (Å²) in [6.07, 6.45) is 0.884. The van der Waals surface area contributed by atoms with Crippen LogP contribution in [0.2, 0.25) is 0 Å². The van der Waals surface area contributed by atoms with E-state index in [4.69, 9.17) is 0 Å². The average molecular weight is 357 g/mol. The van der Waals surface area contributed by atoms with Gasteiger partial charge in [-0.1, -0.05) is 25.1 Å². The predicted molar refractivity (Wildman–Crippen MR) is 97.6 cm³/mol. The lowest BCUT2D eigenvalue weighted by Crippen LogP contribution is -2.06. The molecule has 5 nitrogen and oxygen atoms in total. The van der Waals surface area contributed by atoms with E-state index in [-0.39, 0.29) is 5.56 Å². The fraction of sp³-hybridized carbons (Fsp3) is 0.316. The molecule has 2 aromatic carbocycles. The molecule has 1 heterocycles. The third kappa shape index (κ3) is 3.87. The van der Waals surface area contributed by atoms with Gasteiger partial charge in [-0.2, -0.15) is 4.80 Å². The van der Waals surface area contributed by atoms with Crippen LogP contribution in [0.4, 0.5) is 20.2 Å². The van der Waals surface area contributed by atoms with E-state index in [2.05, 4.69) is 27.7 Å². The number of halogens is 2. The van der Waals surface area contributed by atoms with Crippen LogP contribution in [0.15, 0.2) is 42.5 Å². The van der Waals surface area contributed by atoms with Crippen molar-refractivity contribution in [2.45, 2.75) is 39.7 Å². The van der Waals surface area contributed by atoms with Crippen molar-refractivity contribution in [2.24, 2.45) is 0 Å². The van der Waals surface area contributed by atoms with Gasteiger partial charge in [-0.25, -0.2) is 8.78 Å². The van der Waals surface area contributed by atoms with E-state index in [1.54, 1.807) is 12.1 Å². The summed E-state index contributed by atoms with van der Waals surface area (Å²) in [5.74, 6) is -2.32. The Hall–Kier alpha value is -2.83. The highest BCUT2D eigenvalue weighted by Gasteiger charge is 2.23. The quantitative estimate of drug-likeness (QED) is 0.690. The van der Waals surface area contributed by atoms with Gasteiger partial charge in [0.25, 0.3) is 5.92 Å². The van der Waals surface area contributed by atoms with E-state index in [0.29, 0.717) is 18.1 Å². The van der Waals surface area contributed by atoms with Crippen LogP contribution in [0.5, 0.6) is 0 Å². The van der Waals surface area contributed by atoms with Gasteiger partial charge >= 0.3 is 0 Å². The van der Waals surface area contributed by atoms with E-state index in [9.17, 15) is 8.78 Å². The van der Waals surface area contributed by atoms with Crippen LogP contribution in [-0.2, 0) is 18.9 Å². The molecule has 1 N–H and O–H groups in total. The van der Waals surface area contributed by atoms with Crippen molar-refractivity contribution in [3.63, 3.8) is 0 Å². The number of aromatic nitrogens is 4. The Morgan fingerprint density at radius 2 is 1.81 bits per heavy atom. The molecule has 0 aliphatic carbocycles. The molecule has 0 radical (unpaired) electrons. The Bertz CT molecular complexity index is 882. The van der Waals surface area contributed by atoms with Crippen molar-refractivity contribution < 1.29 is 8.78 Å². The van der Waals surface area contributed by atoms with Gasteiger partial charge in [0.2, 0.25) is 5.82 Å². The molecular formula is C19H21F2N5. The minimum atomic E-state index is -2.85. The second-order valence-electron chi connectivity index (χ2n) is 6.13. The van der Waals surface area contributed by atoms with Gasteiger partial charge in [0, 0.05) is 29.4 Å². The molecular weight excluding hydrogens is 336 g/mol. The van der Waals surface area contributed by atoms with Crippen molar-refractivity contribution >= 4 is 11.4 Å². The molecule has 136 valence electrons. The van der Waals surface area contributed by atoms with Gasteiger partial charge in [0.1, 0.15) is 0 Å². The predicted octanol–water partition coefficient (Wildman–Crippen LogP) is 4.78. The standard InChI is InChI=1S/C19H21F2N5/c1-4-13-6-11-17(16(12-13)18-23-25-26(5-2)24-18)22-15-9-7-14(8-10-15)19(3,20)21/h6-12,22H,4-5H2,1-3H3. The number of alkyl halides is 2. The van der Waals surface area contributed by atoms with E-state index >= 15 is 0 Å². The number of nitrogens with zero attached hydrogens (tertiary/aromatic N) is 4. The molecule has 0 bridgehead atoms. The Balaban J connectivity index is 1.94. The zero-order chi connectivity index (χ0) is 18.7. The zero-order valence-corrected chi connectivity index (χ0v) is 15.0. The van der Waals surface area contributed by atoms with Crippen molar-refractivity contribution in [2.75, 3.05) is 5.32 Å². The summed E-state index contributed by atoms with van der Waals surface area (Å²) in [6, 6.07) is 12.1. The van der Waals surface area contributed by atoms with Crippen LogP contribution in [-0.4, -0.2) is 20.2 Å². The number of benzene rings is 2. The highest BCUT2D eigenvalue weighted by Crippen LogP contribution is 2.31. The second kappa shape index (κ2) is 7.19. The number of nitrogens with one attached hydrogen (secondary N) is 1. The fourth-order valence-electron chi connectivity index (χ4n) is 2.59. The van der Waals surface area contributed by atoms with Crippen LogP contribution in [0.1, 0.15) is 31.9 Å². The molecule has 0 aliphatic rings. The topological polar surface area (TPSA) is 55.6 Å². The summed E-state index contributed by atoms with van der Waals surface area (Å²) < 4.78 is 26.7. The number of hydrogen-bond acceptors (Lipinski definition) is 4. The van der Waals surface area contributed by atoms with Gasteiger partial charge in [0.15, 0.2) is 0 Å². The molecule has 7 heteroatoms. The summed E-state index contributed by atoms with van der Waals surface area (Å²) in [6.45, 7) is 5.54. The molecule has 3 rings (SSSR count). The van der Waals surface area contributed by atoms with Gasteiger partial charge < -0.3 is 5.32 Å². The Labute approximate surface area is 151 Å². The molecule has 26 heavy (non-hydrogen) atoms. The molecule has 0 amide bonds. The van der Waals surface area contributed by atoms with Crippen LogP contribution in [0.3, 0.4) is 0 Å². The maximum absolute atomic E-state index is 13.4. The largest absolute Gasteiger partial charge is 0.355 e. The first-order valence-electron chi connectivity index (χ1n) is 8.57. The van der Waals surface area contributed by atoms with Crippen molar-refractivity contribution in [1.82, 2.24) is 20.2 Å². The Morgan fingerprint density at radius 1 is 1.08 bits per heavy atom. The number of rotatable bonds is 6. The first kappa shape index (κ1) is 18.0. The Morgan fingerprint density at radius 3 is 2.38 bits per heavy atom. The van der Waals surface area contributed by atoms with E-state index in [1.165, 1.54) is 16.9 Å². The molecule has 0 aliphatic heterocycles. The van der Waals surface area contributed by atoms with Crippen molar-refractivity contribution in [3.8, 4) is 11.4 Å². The highest BCUT2D eigenvalue weighted by atomic mass is 19.3. The first-order valence-corrected chi connectivity index (χ1v) is 8.57. The van der Waals surface area contributed by atoms with Crippen LogP contribution < -0.4 is 5.32 Å². The van der Waals surface area contributed by atoms with Crippen molar-refractivity contribution in [1.29, 1.82) is 0 Å². The summed E-state index contributed by atoms with van der Waals surface area (Å²) in [5, 5.41) is 15.8. The third-order valence-electron chi connectivity index (χ3n) is 4.14. The number of anilines is 2. The van der Waals surface area contributed by atoms with E-state index in [0.717, 1.165) is 30.2 Å². The summed E-state index contributed by atoms with van der Waals surface area (Å²) in [5.41, 5.74) is 3.48. The molecule has 0 atom stereocenters. The number of aryl methyl sites for hydroxylation is 2. The number of tetrazole rings is 1. The van der Waals surface area contributed by atoms with Gasteiger partial charge in [-0.05, 0) is 48.4 Å². The second-order valence-corrected chi connectivity index (χ2v) is 6.13. The third-order valence-corrected chi connectivity index (χ3v) is 4.14. The lowest BCUT2D eigenvalue weighted by Gasteiger charge is -2.14. The zero-order valence-electron chi connectivity index (χ0n) is 15.0. The SMILES string of the molecule is CCc1ccc(Nc2ccc(C(C)(F)F)cc2)c(-c2nnn(CC)n2)c1.